The molecule has 1 heterocycles. The van der Waals surface area contributed by atoms with E-state index in [1.807, 2.05) is 12.1 Å². The first-order valence-corrected chi connectivity index (χ1v) is 5.53. The first-order chi connectivity index (χ1) is 8.76. The van der Waals surface area contributed by atoms with E-state index in [1.165, 1.54) is 7.11 Å². The molecule has 0 saturated heterocycles. The molecule has 1 aromatic carbocycles. The van der Waals surface area contributed by atoms with Crippen molar-refractivity contribution in [1.29, 1.82) is 0 Å². The molecule has 0 aliphatic rings. The van der Waals surface area contributed by atoms with Crippen molar-refractivity contribution in [3.8, 4) is 0 Å². The van der Waals surface area contributed by atoms with Crippen LogP contribution in [0.5, 0.6) is 0 Å². The predicted octanol–water partition coefficient (Wildman–Crippen LogP) is 2.14. The van der Waals surface area contributed by atoms with Crippen LogP contribution in [-0.4, -0.2) is 23.9 Å². The zero-order valence-corrected chi connectivity index (χ0v) is 10.00. The summed E-state index contributed by atoms with van der Waals surface area (Å²) >= 11 is 0. The monoisotopic (exact) mass is 243 g/mol. The van der Waals surface area contributed by atoms with Gasteiger partial charge in [0.25, 0.3) is 0 Å². The molecule has 0 saturated carbocycles. The van der Waals surface area contributed by atoms with Gasteiger partial charge in [-0.05, 0) is 23.8 Å². The molecular weight excluding hydrogens is 230 g/mol. The minimum absolute atomic E-state index is 0.370. The van der Waals surface area contributed by atoms with Gasteiger partial charge < -0.3 is 9.30 Å². The Hall–Kier alpha value is -2.36. The average molecular weight is 243 g/mol. The van der Waals surface area contributed by atoms with Crippen molar-refractivity contribution < 1.29 is 14.3 Å². The molecule has 1 aromatic heterocycles. The second-order valence-corrected chi connectivity index (χ2v) is 3.83. The zero-order chi connectivity index (χ0) is 13.0. The fraction of sp³-hybridized carbons (Fsp3) is 0.143. The standard InChI is InChI=1S/C14H13NO3/c1-18-14(17)13-7-3-2-5-11(13)9-15-8-4-6-12(15)10-16/h2-8,10H,9H2,1H3. The summed E-state index contributed by atoms with van der Waals surface area (Å²) in [5, 5.41) is 0. The number of hydrogen-bond acceptors (Lipinski definition) is 3. The number of esters is 1. The van der Waals surface area contributed by atoms with E-state index < -0.39 is 0 Å². The van der Waals surface area contributed by atoms with E-state index in [0.29, 0.717) is 17.8 Å². The van der Waals surface area contributed by atoms with Gasteiger partial charge in [-0.25, -0.2) is 4.79 Å². The van der Waals surface area contributed by atoms with E-state index in [-0.39, 0.29) is 5.97 Å². The molecule has 0 unspecified atom stereocenters. The van der Waals surface area contributed by atoms with Crippen LogP contribution in [-0.2, 0) is 11.3 Å². The fourth-order valence-corrected chi connectivity index (χ4v) is 1.83. The van der Waals surface area contributed by atoms with Gasteiger partial charge in [-0.15, -0.1) is 0 Å². The summed E-state index contributed by atoms with van der Waals surface area (Å²) in [6.07, 6.45) is 2.60. The van der Waals surface area contributed by atoms with Gasteiger partial charge in [-0.1, -0.05) is 18.2 Å². The van der Waals surface area contributed by atoms with Gasteiger partial charge in [0.1, 0.15) is 0 Å². The Kier molecular flexibility index (Phi) is 3.57. The number of nitrogens with zero attached hydrogens (tertiary/aromatic N) is 1. The van der Waals surface area contributed by atoms with Gasteiger partial charge in [0.2, 0.25) is 0 Å². The fourth-order valence-electron chi connectivity index (χ4n) is 1.83. The maximum Gasteiger partial charge on any atom is 0.338 e. The Morgan fingerprint density at radius 1 is 1.28 bits per heavy atom. The molecule has 2 aromatic rings. The summed E-state index contributed by atoms with van der Waals surface area (Å²) in [4.78, 5) is 22.5. The first-order valence-electron chi connectivity index (χ1n) is 5.53. The lowest BCUT2D eigenvalue weighted by Gasteiger charge is -2.09. The van der Waals surface area contributed by atoms with Crippen molar-refractivity contribution in [1.82, 2.24) is 4.57 Å². The van der Waals surface area contributed by atoms with Gasteiger partial charge in [0.15, 0.2) is 6.29 Å². The maximum absolute atomic E-state index is 11.6. The minimum atomic E-state index is -0.370. The lowest BCUT2D eigenvalue weighted by Crippen LogP contribution is -2.09. The highest BCUT2D eigenvalue weighted by molar-refractivity contribution is 5.91. The Labute approximate surface area is 105 Å². The van der Waals surface area contributed by atoms with Gasteiger partial charge in [0, 0.05) is 12.7 Å². The highest BCUT2D eigenvalue weighted by Crippen LogP contribution is 2.13. The number of aldehydes is 1. The molecule has 0 amide bonds. The first kappa shape index (κ1) is 12.1. The molecule has 4 nitrogen and oxygen atoms in total. The number of ether oxygens (including phenoxy) is 1. The number of carbonyl (C=O) groups excluding carboxylic acids is 2. The van der Waals surface area contributed by atoms with Crippen molar-refractivity contribution in [2.24, 2.45) is 0 Å². The van der Waals surface area contributed by atoms with Crippen LogP contribution in [0, 0.1) is 0 Å². The van der Waals surface area contributed by atoms with Crippen LogP contribution < -0.4 is 0 Å². The quantitative estimate of drug-likeness (QED) is 0.610. The van der Waals surface area contributed by atoms with Gasteiger partial charge in [-0.3, -0.25) is 4.79 Å². The third-order valence-electron chi connectivity index (χ3n) is 2.75. The van der Waals surface area contributed by atoms with Gasteiger partial charge >= 0.3 is 5.97 Å². The van der Waals surface area contributed by atoms with Crippen molar-refractivity contribution in [2.45, 2.75) is 6.54 Å². The van der Waals surface area contributed by atoms with Crippen molar-refractivity contribution in [2.75, 3.05) is 7.11 Å². The lowest BCUT2D eigenvalue weighted by molar-refractivity contribution is 0.0599. The molecule has 0 spiro atoms. The Bertz CT molecular complexity index is 572. The number of aromatic nitrogens is 1. The highest BCUT2D eigenvalue weighted by atomic mass is 16.5. The Morgan fingerprint density at radius 3 is 2.78 bits per heavy atom. The van der Waals surface area contributed by atoms with E-state index in [4.69, 9.17) is 4.74 Å². The summed E-state index contributed by atoms with van der Waals surface area (Å²) in [6, 6.07) is 10.7. The number of hydrogen-bond donors (Lipinski definition) is 0. The van der Waals surface area contributed by atoms with E-state index in [2.05, 4.69) is 0 Å². The molecule has 0 radical (unpaired) electrons. The third-order valence-corrected chi connectivity index (χ3v) is 2.75. The van der Waals surface area contributed by atoms with Gasteiger partial charge in [-0.2, -0.15) is 0 Å². The summed E-state index contributed by atoms with van der Waals surface area (Å²) in [6.45, 7) is 0.465. The molecule has 92 valence electrons. The number of rotatable bonds is 4. The molecule has 0 atom stereocenters. The minimum Gasteiger partial charge on any atom is -0.465 e. The Balaban J connectivity index is 2.34. The molecule has 0 bridgehead atoms. The largest absolute Gasteiger partial charge is 0.465 e. The highest BCUT2D eigenvalue weighted by Gasteiger charge is 2.11. The molecule has 2 rings (SSSR count). The van der Waals surface area contributed by atoms with Crippen LogP contribution in [0.3, 0.4) is 0 Å². The van der Waals surface area contributed by atoms with Crippen LogP contribution in [0.2, 0.25) is 0 Å². The lowest BCUT2D eigenvalue weighted by atomic mass is 10.1. The van der Waals surface area contributed by atoms with Crippen LogP contribution >= 0.6 is 0 Å². The van der Waals surface area contributed by atoms with Crippen molar-refractivity contribution >= 4 is 12.3 Å². The molecular formula is C14H13NO3. The van der Waals surface area contributed by atoms with E-state index >= 15 is 0 Å². The van der Waals surface area contributed by atoms with Crippen LogP contribution in [0.1, 0.15) is 26.4 Å². The number of methoxy groups -OCH3 is 1. The third kappa shape index (κ3) is 2.32. The van der Waals surface area contributed by atoms with Crippen LogP contribution in [0.25, 0.3) is 0 Å². The molecule has 0 fully saturated rings. The van der Waals surface area contributed by atoms with Crippen LogP contribution in [0.4, 0.5) is 0 Å². The summed E-state index contributed by atoms with van der Waals surface area (Å²) in [5.74, 6) is -0.370. The summed E-state index contributed by atoms with van der Waals surface area (Å²) in [5.41, 5.74) is 1.92. The van der Waals surface area contributed by atoms with E-state index in [0.717, 1.165) is 11.8 Å². The topological polar surface area (TPSA) is 48.3 Å². The summed E-state index contributed by atoms with van der Waals surface area (Å²) < 4.78 is 6.52. The number of benzene rings is 1. The second kappa shape index (κ2) is 5.31. The van der Waals surface area contributed by atoms with Crippen LogP contribution in [0.15, 0.2) is 42.6 Å². The van der Waals surface area contributed by atoms with Crippen molar-refractivity contribution in [3.63, 3.8) is 0 Å². The van der Waals surface area contributed by atoms with Gasteiger partial charge in [0.05, 0.1) is 18.4 Å². The van der Waals surface area contributed by atoms with E-state index in [9.17, 15) is 9.59 Å². The van der Waals surface area contributed by atoms with Crippen molar-refractivity contribution in [3.05, 3.63) is 59.4 Å². The summed E-state index contributed by atoms with van der Waals surface area (Å²) in [7, 11) is 1.35. The molecule has 4 heteroatoms. The second-order valence-electron chi connectivity index (χ2n) is 3.83. The molecule has 0 N–H and O–H groups in total. The Morgan fingerprint density at radius 2 is 2.06 bits per heavy atom. The predicted molar refractivity (Wildman–Crippen MR) is 66.7 cm³/mol. The zero-order valence-electron chi connectivity index (χ0n) is 10.00. The smallest absolute Gasteiger partial charge is 0.338 e. The SMILES string of the molecule is COC(=O)c1ccccc1Cn1cccc1C=O. The molecule has 0 aliphatic heterocycles. The maximum atomic E-state index is 11.6. The molecule has 18 heavy (non-hydrogen) atoms. The number of carbonyl (C=O) groups is 2. The molecule has 0 aliphatic carbocycles. The average Bonchev–Trinajstić information content (AvgIpc) is 2.86. The normalized spacial score (nSPS) is 10.1. The van der Waals surface area contributed by atoms with E-state index in [1.54, 1.807) is 35.0 Å².